The van der Waals surface area contributed by atoms with Gasteiger partial charge in [-0.15, -0.1) is 0 Å². The van der Waals surface area contributed by atoms with Crippen molar-refractivity contribution in [3.05, 3.63) is 83.5 Å². The Hall–Kier alpha value is -3.02. The van der Waals surface area contributed by atoms with Gasteiger partial charge in [0, 0.05) is 47.3 Å². The Bertz CT molecular complexity index is 1140. The van der Waals surface area contributed by atoms with E-state index in [2.05, 4.69) is 26.3 Å². The summed E-state index contributed by atoms with van der Waals surface area (Å²) in [6.07, 6.45) is 5.13. The Morgan fingerprint density at radius 1 is 0.931 bits per heavy atom. The van der Waals surface area contributed by atoms with Crippen LogP contribution in [0.2, 0.25) is 5.02 Å². The van der Waals surface area contributed by atoms with Crippen LogP contribution in [0.5, 0.6) is 0 Å². The van der Waals surface area contributed by atoms with Crippen molar-refractivity contribution in [2.24, 2.45) is 0 Å². The number of fused-ring (bicyclic) bond motifs is 1. The number of rotatable bonds is 5. The fourth-order valence-electron chi connectivity index (χ4n) is 3.12. The van der Waals surface area contributed by atoms with E-state index in [-0.39, 0.29) is 0 Å². The second-order valence-corrected chi connectivity index (χ2v) is 7.80. The molecule has 2 N–H and O–H groups in total. The molecule has 4 rings (SSSR count). The summed E-state index contributed by atoms with van der Waals surface area (Å²) in [6, 6.07) is 16.0. The van der Waals surface area contributed by atoms with Gasteiger partial charge in [-0.1, -0.05) is 35.9 Å². The summed E-state index contributed by atoms with van der Waals surface area (Å²) >= 11 is 6.48. The first-order valence-electron chi connectivity index (χ1n) is 9.33. The van der Waals surface area contributed by atoms with E-state index in [1.807, 2.05) is 42.5 Å². The van der Waals surface area contributed by atoms with E-state index in [4.69, 9.17) is 11.6 Å². The number of hydrogen-bond acceptors (Lipinski definition) is 5. The predicted octanol–water partition coefficient (Wildman–Crippen LogP) is 5.18. The van der Waals surface area contributed by atoms with E-state index < -0.39 is 5.60 Å². The van der Waals surface area contributed by atoms with Crippen LogP contribution in [0.25, 0.3) is 22.0 Å². The lowest BCUT2D eigenvalue weighted by Gasteiger charge is -2.15. The van der Waals surface area contributed by atoms with E-state index in [1.165, 1.54) is 0 Å². The molecular weight excluding hydrogens is 384 g/mol. The molecule has 2 aromatic carbocycles. The Morgan fingerprint density at radius 2 is 1.66 bits per heavy atom. The Balaban J connectivity index is 1.70. The van der Waals surface area contributed by atoms with Crippen LogP contribution in [0, 0.1) is 0 Å². The molecule has 4 aromatic rings. The second-order valence-electron chi connectivity index (χ2n) is 7.39. The SMILES string of the molecule is CC(C)(O)c1ncc(-c2ccc3ncc(Cl)c(CNc4ccccc4)c3c2)cn1. The zero-order valence-electron chi connectivity index (χ0n) is 16.2. The number of nitrogens with zero attached hydrogens (tertiary/aromatic N) is 3. The molecule has 0 saturated carbocycles. The molecule has 0 aliphatic rings. The highest BCUT2D eigenvalue weighted by Gasteiger charge is 2.19. The molecule has 0 radical (unpaired) electrons. The van der Waals surface area contributed by atoms with Gasteiger partial charge in [0.2, 0.25) is 0 Å². The maximum atomic E-state index is 10.1. The van der Waals surface area contributed by atoms with Crippen LogP contribution in [-0.4, -0.2) is 20.1 Å². The van der Waals surface area contributed by atoms with Crippen molar-refractivity contribution in [2.75, 3.05) is 5.32 Å². The fourth-order valence-corrected chi connectivity index (χ4v) is 3.34. The van der Waals surface area contributed by atoms with Crippen molar-refractivity contribution in [1.82, 2.24) is 15.0 Å². The van der Waals surface area contributed by atoms with Crippen molar-refractivity contribution < 1.29 is 5.11 Å². The third-order valence-corrected chi connectivity index (χ3v) is 5.03. The van der Waals surface area contributed by atoms with Gasteiger partial charge in [0.15, 0.2) is 5.82 Å². The van der Waals surface area contributed by atoms with E-state index >= 15 is 0 Å². The number of para-hydroxylation sites is 1. The maximum absolute atomic E-state index is 10.1. The molecule has 29 heavy (non-hydrogen) atoms. The lowest BCUT2D eigenvalue weighted by Crippen LogP contribution is -2.19. The first kappa shape index (κ1) is 19.3. The van der Waals surface area contributed by atoms with Gasteiger partial charge in [0.1, 0.15) is 5.60 Å². The Labute approximate surface area is 174 Å². The quantitative estimate of drug-likeness (QED) is 0.479. The monoisotopic (exact) mass is 404 g/mol. The molecule has 0 unspecified atom stereocenters. The minimum Gasteiger partial charge on any atom is -0.382 e. The van der Waals surface area contributed by atoms with Gasteiger partial charge in [0.05, 0.1) is 10.5 Å². The fraction of sp³-hybridized carbons (Fsp3) is 0.174. The van der Waals surface area contributed by atoms with Crippen LogP contribution in [0.4, 0.5) is 5.69 Å². The zero-order chi connectivity index (χ0) is 20.4. The average molecular weight is 405 g/mol. The van der Waals surface area contributed by atoms with E-state index in [9.17, 15) is 5.11 Å². The van der Waals surface area contributed by atoms with Crippen molar-refractivity contribution >= 4 is 28.2 Å². The van der Waals surface area contributed by atoms with Gasteiger partial charge < -0.3 is 10.4 Å². The van der Waals surface area contributed by atoms with Gasteiger partial charge in [-0.25, -0.2) is 9.97 Å². The molecule has 0 fully saturated rings. The van der Waals surface area contributed by atoms with Gasteiger partial charge in [-0.2, -0.15) is 0 Å². The van der Waals surface area contributed by atoms with Gasteiger partial charge >= 0.3 is 0 Å². The Kier molecular flexibility index (Phi) is 5.18. The maximum Gasteiger partial charge on any atom is 0.159 e. The lowest BCUT2D eigenvalue weighted by molar-refractivity contribution is 0.0687. The number of hydrogen-bond donors (Lipinski definition) is 2. The topological polar surface area (TPSA) is 70.9 Å². The van der Waals surface area contributed by atoms with Crippen molar-refractivity contribution in [3.63, 3.8) is 0 Å². The van der Waals surface area contributed by atoms with Gasteiger partial charge in [-0.3, -0.25) is 4.98 Å². The summed E-state index contributed by atoms with van der Waals surface area (Å²) in [5, 5.41) is 15.1. The van der Waals surface area contributed by atoms with E-state index in [1.54, 1.807) is 32.4 Å². The van der Waals surface area contributed by atoms with Crippen molar-refractivity contribution in [3.8, 4) is 11.1 Å². The number of anilines is 1. The van der Waals surface area contributed by atoms with E-state index in [0.29, 0.717) is 17.4 Å². The molecule has 0 spiro atoms. The normalized spacial score (nSPS) is 11.6. The van der Waals surface area contributed by atoms with Gasteiger partial charge in [-0.05, 0) is 43.7 Å². The van der Waals surface area contributed by atoms with Crippen molar-refractivity contribution in [2.45, 2.75) is 26.0 Å². The van der Waals surface area contributed by atoms with Gasteiger partial charge in [0.25, 0.3) is 0 Å². The number of halogens is 1. The molecule has 5 nitrogen and oxygen atoms in total. The number of nitrogens with one attached hydrogen (secondary N) is 1. The number of pyridine rings is 1. The highest BCUT2D eigenvalue weighted by atomic mass is 35.5. The minimum atomic E-state index is -1.07. The standard InChI is InChI=1S/C23H21ClN4O/c1-23(2,29)22-27-11-16(12-28-22)15-8-9-21-18(10-15)19(20(24)14-26-21)13-25-17-6-4-3-5-7-17/h3-12,14,25,29H,13H2,1-2H3. The number of aliphatic hydroxyl groups is 1. The second kappa shape index (κ2) is 7.78. The molecular formula is C23H21ClN4O. The van der Waals surface area contributed by atoms with Crippen LogP contribution in [0.1, 0.15) is 25.2 Å². The highest BCUT2D eigenvalue weighted by Crippen LogP contribution is 2.30. The molecule has 0 amide bonds. The third kappa shape index (κ3) is 4.21. The summed E-state index contributed by atoms with van der Waals surface area (Å²) in [4.78, 5) is 13.1. The van der Waals surface area contributed by atoms with Crippen LogP contribution < -0.4 is 5.32 Å². The van der Waals surface area contributed by atoms with Crippen LogP contribution in [0.3, 0.4) is 0 Å². The summed E-state index contributed by atoms with van der Waals surface area (Å²) in [6.45, 7) is 3.91. The summed E-state index contributed by atoms with van der Waals surface area (Å²) in [5.74, 6) is 0.388. The number of benzene rings is 2. The van der Waals surface area contributed by atoms with Crippen LogP contribution >= 0.6 is 11.6 Å². The summed E-state index contributed by atoms with van der Waals surface area (Å²) in [7, 11) is 0. The summed E-state index contributed by atoms with van der Waals surface area (Å²) < 4.78 is 0. The molecule has 2 aromatic heterocycles. The molecule has 146 valence electrons. The Morgan fingerprint density at radius 3 is 2.34 bits per heavy atom. The zero-order valence-corrected chi connectivity index (χ0v) is 17.0. The predicted molar refractivity (Wildman–Crippen MR) is 117 cm³/mol. The van der Waals surface area contributed by atoms with E-state index in [0.717, 1.165) is 33.3 Å². The molecule has 0 aliphatic heterocycles. The first-order chi connectivity index (χ1) is 13.9. The lowest BCUT2D eigenvalue weighted by atomic mass is 10.0. The smallest absolute Gasteiger partial charge is 0.159 e. The molecule has 0 saturated heterocycles. The third-order valence-electron chi connectivity index (χ3n) is 4.70. The molecule has 0 atom stereocenters. The average Bonchev–Trinajstić information content (AvgIpc) is 2.73. The first-order valence-corrected chi connectivity index (χ1v) is 9.71. The molecule has 0 bridgehead atoms. The minimum absolute atomic E-state index is 0.388. The van der Waals surface area contributed by atoms with Crippen LogP contribution in [-0.2, 0) is 12.1 Å². The van der Waals surface area contributed by atoms with Crippen LogP contribution in [0.15, 0.2) is 67.1 Å². The highest BCUT2D eigenvalue weighted by molar-refractivity contribution is 6.32. The molecule has 2 heterocycles. The molecule has 6 heteroatoms. The largest absolute Gasteiger partial charge is 0.382 e. The molecule has 0 aliphatic carbocycles. The van der Waals surface area contributed by atoms with Crippen molar-refractivity contribution in [1.29, 1.82) is 0 Å². The number of aromatic nitrogens is 3. The summed E-state index contributed by atoms with van der Waals surface area (Å²) in [5.41, 5.74) is 3.63.